The van der Waals surface area contributed by atoms with Crippen LogP contribution in [0.1, 0.15) is 36.1 Å². The number of benzene rings is 2. The van der Waals surface area contributed by atoms with Crippen LogP contribution in [0.3, 0.4) is 0 Å². The molecule has 1 aliphatic heterocycles. The molecule has 0 aliphatic carbocycles. The molecular formula is C17H15FO. The average molecular weight is 254 g/mol. The molecule has 1 aliphatic rings. The molecule has 96 valence electrons. The molecule has 19 heavy (non-hydrogen) atoms. The summed E-state index contributed by atoms with van der Waals surface area (Å²) in [7, 11) is 0. The van der Waals surface area contributed by atoms with E-state index in [4.69, 9.17) is 4.74 Å². The van der Waals surface area contributed by atoms with E-state index in [1.165, 1.54) is 6.07 Å². The van der Waals surface area contributed by atoms with Crippen molar-refractivity contribution in [2.45, 2.75) is 19.4 Å². The molecule has 0 aromatic heterocycles. The first-order valence-electron chi connectivity index (χ1n) is 6.51. The number of rotatable bonds is 2. The van der Waals surface area contributed by atoms with Crippen LogP contribution in [-0.4, -0.2) is 0 Å². The number of hydrogen-bond donors (Lipinski definition) is 0. The fraction of sp³-hybridized carbons (Fsp3) is 0.176. The molecule has 1 heterocycles. The van der Waals surface area contributed by atoms with Crippen LogP contribution < -0.4 is 0 Å². The van der Waals surface area contributed by atoms with E-state index >= 15 is 0 Å². The van der Waals surface area contributed by atoms with Crippen LogP contribution in [0.5, 0.6) is 0 Å². The molecule has 0 bridgehead atoms. The molecule has 0 saturated carbocycles. The Balaban J connectivity index is 2.05. The maximum atomic E-state index is 13.4. The van der Waals surface area contributed by atoms with Gasteiger partial charge in [-0.05, 0) is 36.3 Å². The van der Waals surface area contributed by atoms with Gasteiger partial charge in [0.2, 0.25) is 0 Å². The highest BCUT2D eigenvalue weighted by atomic mass is 19.1. The lowest BCUT2D eigenvalue weighted by molar-refractivity contribution is 0.185. The van der Waals surface area contributed by atoms with Crippen molar-refractivity contribution in [1.29, 1.82) is 0 Å². The summed E-state index contributed by atoms with van der Waals surface area (Å²) in [5.41, 5.74) is 3.03. The van der Waals surface area contributed by atoms with Crippen molar-refractivity contribution in [3.8, 4) is 0 Å². The third kappa shape index (κ3) is 2.26. The van der Waals surface area contributed by atoms with Crippen molar-refractivity contribution in [2.24, 2.45) is 0 Å². The van der Waals surface area contributed by atoms with Crippen molar-refractivity contribution < 1.29 is 9.13 Å². The molecule has 3 rings (SSSR count). The number of hydrogen-bond acceptors (Lipinski definition) is 1. The van der Waals surface area contributed by atoms with Gasteiger partial charge in [-0.3, -0.25) is 0 Å². The maximum Gasteiger partial charge on any atom is 0.128 e. The first-order chi connectivity index (χ1) is 9.28. The summed E-state index contributed by atoms with van der Waals surface area (Å²) in [5.74, 6) is 0.620. The largest absolute Gasteiger partial charge is 0.485 e. The molecule has 1 atom stereocenters. The van der Waals surface area contributed by atoms with Crippen LogP contribution in [-0.2, 0) is 4.74 Å². The van der Waals surface area contributed by atoms with E-state index in [1.807, 2.05) is 43.3 Å². The van der Waals surface area contributed by atoms with Gasteiger partial charge in [-0.2, -0.15) is 0 Å². The van der Waals surface area contributed by atoms with Crippen LogP contribution in [0.25, 0.3) is 11.8 Å². The molecule has 0 fully saturated rings. The minimum absolute atomic E-state index is 0.0411. The predicted octanol–water partition coefficient (Wildman–Crippen LogP) is 4.81. The van der Waals surface area contributed by atoms with Gasteiger partial charge in [0.1, 0.15) is 17.7 Å². The molecule has 0 spiro atoms. The molecule has 0 N–H and O–H groups in total. The smallest absolute Gasteiger partial charge is 0.128 e. The van der Waals surface area contributed by atoms with E-state index in [1.54, 1.807) is 12.1 Å². The summed E-state index contributed by atoms with van der Waals surface area (Å²) < 4.78 is 19.3. The standard InChI is InChI=1S/C17H15FO/c1-2-16-15-11-13(18)8-9-14(15)17(19-16)10-12-6-4-3-5-7-12/h3-11,16H,2H2,1H3/b17-10+/t16-/m0/s1. The van der Waals surface area contributed by atoms with Crippen LogP contribution >= 0.6 is 0 Å². The minimum atomic E-state index is -0.207. The van der Waals surface area contributed by atoms with Crippen LogP contribution in [0.4, 0.5) is 4.39 Å². The summed E-state index contributed by atoms with van der Waals surface area (Å²) in [6.07, 6.45) is 2.80. The Labute approximate surface area is 112 Å². The summed E-state index contributed by atoms with van der Waals surface area (Å²) in [4.78, 5) is 0. The highest BCUT2D eigenvalue weighted by Gasteiger charge is 2.26. The molecule has 0 unspecified atom stereocenters. The quantitative estimate of drug-likeness (QED) is 0.747. The van der Waals surface area contributed by atoms with Gasteiger partial charge in [0.15, 0.2) is 0 Å². The van der Waals surface area contributed by atoms with Gasteiger partial charge in [-0.15, -0.1) is 0 Å². The molecule has 1 nitrogen and oxygen atoms in total. The molecule has 0 amide bonds. The Kier molecular flexibility index (Phi) is 3.08. The molecule has 0 saturated heterocycles. The zero-order valence-electron chi connectivity index (χ0n) is 10.8. The van der Waals surface area contributed by atoms with Gasteiger partial charge in [0.05, 0.1) is 0 Å². The van der Waals surface area contributed by atoms with Crippen LogP contribution in [0.15, 0.2) is 48.5 Å². The lowest BCUT2D eigenvalue weighted by Gasteiger charge is -2.08. The molecule has 2 aromatic rings. The Morgan fingerprint density at radius 2 is 1.95 bits per heavy atom. The summed E-state index contributed by atoms with van der Waals surface area (Å²) >= 11 is 0. The second-order valence-corrected chi connectivity index (χ2v) is 4.67. The van der Waals surface area contributed by atoms with Gasteiger partial charge >= 0.3 is 0 Å². The highest BCUT2D eigenvalue weighted by Crippen LogP contribution is 2.41. The van der Waals surface area contributed by atoms with E-state index in [2.05, 4.69) is 0 Å². The topological polar surface area (TPSA) is 9.23 Å². The minimum Gasteiger partial charge on any atom is -0.485 e. The Morgan fingerprint density at radius 3 is 2.68 bits per heavy atom. The predicted molar refractivity (Wildman–Crippen MR) is 74.8 cm³/mol. The van der Waals surface area contributed by atoms with E-state index in [0.717, 1.165) is 28.9 Å². The summed E-state index contributed by atoms with van der Waals surface area (Å²) in [6, 6.07) is 14.9. The molecule has 2 heteroatoms. The van der Waals surface area contributed by atoms with E-state index in [0.29, 0.717) is 0 Å². The number of halogens is 1. The Morgan fingerprint density at radius 1 is 1.16 bits per heavy atom. The van der Waals surface area contributed by atoms with E-state index in [9.17, 15) is 4.39 Å². The summed E-state index contributed by atoms with van der Waals surface area (Å²) in [6.45, 7) is 2.05. The van der Waals surface area contributed by atoms with Crippen molar-refractivity contribution in [3.05, 3.63) is 71.0 Å². The van der Waals surface area contributed by atoms with E-state index < -0.39 is 0 Å². The lowest BCUT2D eigenvalue weighted by Crippen LogP contribution is -1.93. The second kappa shape index (κ2) is 4.88. The van der Waals surface area contributed by atoms with Gasteiger partial charge < -0.3 is 4.74 Å². The zero-order chi connectivity index (χ0) is 13.2. The Bertz CT molecular complexity index is 616. The fourth-order valence-corrected chi connectivity index (χ4v) is 2.42. The SMILES string of the molecule is CC[C@@H]1O/C(=C/c2ccccc2)c2ccc(F)cc21. The first kappa shape index (κ1) is 12.0. The lowest BCUT2D eigenvalue weighted by atomic mass is 10.0. The fourth-order valence-electron chi connectivity index (χ4n) is 2.42. The Hall–Kier alpha value is -2.09. The van der Waals surface area contributed by atoms with E-state index in [-0.39, 0.29) is 11.9 Å². The van der Waals surface area contributed by atoms with Gasteiger partial charge in [-0.25, -0.2) is 4.39 Å². The monoisotopic (exact) mass is 254 g/mol. The van der Waals surface area contributed by atoms with Crippen molar-refractivity contribution in [3.63, 3.8) is 0 Å². The third-order valence-electron chi connectivity index (χ3n) is 3.36. The number of fused-ring (bicyclic) bond motifs is 1. The molecule has 2 aromatic carbocycles. The third-order valence-corrected chi connectivity index (χ3v) is 3.36. The van der Waals surface area contributed by atoms with Gasteiger partial charge in [0, 0.05) is 11.1 Å². The molecule has 0 radical (unpaired) electrons. The maximum absolute atomic E-state index is 13.4. The van der Waals surface area contributed by atoms with Gasteiger partial charge in [0.25, 0.3) is 0 Å². The van der Waals surface area contributed by atoms with Crippen molar-refractivity contribution in [1.82, 2.24) is 0 Å². The summed E-state index contributed by atoms with van der Waals surface area (Å²) in [5, 5.41) is 0. The van der Waals surface area contributed by atoms with Crippen molar-refractivity contribution >= 4 is 11.8 Å². The highest BCUT2D eigenvalue weighted by molar-refractivity contribution is 5.81. The van der Waals surface area contributed by atoms with Crippen LogP contribution in [0.2, 0.25) is 0 Å². The van der Waals surface area contributed by atoms with Crippen molar-refractivity contribution in [2.75, 3.05) is 0 Å². The van der Waals surface area contributed by atoms with Gasteiger partial charge in [-0.1, -0.05) is 37.3 Å². The number of ether oxygens (including phenoxy) is 1. The first-order valence-corrected chi connectivity index (χ1v) is 6.51. The average Bonchev–Trinajstić information content (AvgIpc) is 2.77. The zero-order valence-corrected chi connectivity index (χ0v) is 10.8. The molecular weight excluding hydrogens is 239 g/mol. The normalized spacial score (nSPS) is 19.3. The van der Waals surface area contributed by atoms with Crippen LogP contribution in [0, 0.1) is 5.82 Å². The second-order valence-electron chi connectivity index (χ2n) is 4.67.